The van der Waals surface area contributed by atoms with E-state index in [0.29, 0.717) is 5.82 Å². The van der Waals surface area contributed by atoms with Gasteiger partial charge in [-0.25, -0.2) is 4.98 Å². The summed E-state index contributed by atoms with van der Waals surface area (Å²) in [5, 5.41) is 7.42. The van der Waals surface area contributed by atoms with Crippen LogP contribution in [0.25, 0.3) is 33.2 Å². The summed E-state index contributed by atoms with van der Waals surface area (Å²) >= 11 is 0. The molecular weight excluding hydrogens is 374 g/mol. The van der Waals surface area contributed by atoms with Crippen molar-refractivity contribution in [3.8, 4) is 17.1 Å². The maximum atomic E-state index is 6.13. The van der Waals surface area contributed by atoms with Gasteiger partial charge in [-0.15, -0.1) is 0 Å². The third-order valence-electron chi connectivity index (χ3n) is 4.91. The maximum Gasteiger partial charge on any atom is 0.146 e. The van der Waals surface area contributed by atoms with Gasteiger partial charge in [-0.1, -0.05) is 30.3 Å². The van der Waals surface area contributed by atoms with Gasteiger partial charge in [0.1, 0.15) is 22.9 Å². The Balaban J connectivity index is 1.59. The summed E-state index contributed by atoms with van der Waals surface area (Å²) in [7, 11) is 1.65. The minimum Gasteiger partial charge on any atom is -0.497 e. The Morgan fingerprint density at radius 1 is 0.867 bits per heavy atom. The number of benzene rings is 3. The molecule has 0 atom stereocenters. The summed E-state index contributed by atoms with van der Waals surface area (Å²) in [5.41, 5.74) is 5.72. The second-order valence-corrected chi connectivity index (χ2v) is 6.83. The first-order valence-electron chi connectivity index (χ1n) is 9.63. The Morgan fingerprint density at radius 3 is 2.53 bits per heavy atom. The lowest BCUT2D eigenvalue weighted by Crippen LogP contribution is -2.08. The molecule has 2 heterocycles. The zero-order valence-corrected chi connectivity index (χ0v) is 16.4. The molecule has 3 aromatic carbocycles. The van der Waals surface area contributed by atoms with Gasteiger partial charge in [0.2, 0.25) is 0 Å². The molecule has 5 aromatic rings. The lowest BCUT2D eigenvalue weighted by molar-refractivity contribution is 0.415. The van der Waals surface area contributed by atoms with Crippen LogP contribution in [0.4, 0.5) is 5.82 Å². The molecule has 0 aliphatic rings. The van der Waals surface area contributed by atoms with E-state index < -0.39 is 0 Å². The Hall–Kier alpha value is -4.12. The molecule has 5 rings (SSSR count). The Labute approximate surface area is 173 Å². The van der Waals surface area contributed by atoms with E-state index in [9.17, 15) is 0 Å². The molecule has 146 valence electrons. The second-order valence-electron chi connectivity index (χ2n) is 6.83. The zero-order chi connectivity index (χ0) is 20.3. The van der Waals surface area contributed by atoms with Gasteiger partial charge in [0, 0.05) is 22.4 Å². The maximum absolute atomic E-state index is 6.13. The number of fused-ring (bicyclic) bond motifs is 2. The average Bonchev–Trinajstić information content (AvgIpc) is 2.82. The van der Waals surface area contributed by atoms with E-state index >= 15 is 0 Å². The SMILES string of the molecule is COc1ccc(-c2cc(=NNc3ccc4ccccc4n3)c3ccccc3o2)cc1. The van der Waals surface area contributed by atoms with Gasteiger partial charge in [-0.3, -0.25) is 5.43 Å². The van der Waals surface area contributed by atoms with Gasteiger partial charge in [0.05, 0.1) is 18.0 Å². The molecule has 0 unspecified atom stereocenters. The van der Waals surface area contributed by atoms with Crippen LogP contribution in [0.3, 0.4) is 0 Å². The predicted molar refractivity (Wildman–Crippen MR) is 119 cm³/mol. The summed E-state index contributed by atoms with van der Waals surface area (Å²) in [6, 6.07) is 29.5. The van der Waals surface area contributed by atoms with E-state index in [1.165, 1.54) is 0 Å². The highest BCUT2D eigenvalue weighted by molar-refractivity contribution is 5.80. The standard InChI is InChI=1S/C25H19N3O2/c1-29-19-13-10-18(11-14-19)24-16-22(20-7-3-5-9-23(20)30-24)27-28-25-15-12-17-6-2-4-8-21(17)26-25/h2-16H,1H3,(H,26,28). The minimum absolute atomic E-state index is 0.685. The molecule has 0 saturated carbocycles. The Kier molecular flexibility index (Phi) is 4.62. The summed E-state index contributed by atoms with van der Waals surface area (Å²) in [4.78, 5) is 4.63. The quantitative estimate of drug-likeness (QED) is 0.405. The van der Waals surface area contributed by atoms with Crippen LogP contribution in [-0.4, -0.2) is 12.1 Å². The van der Waals surface area contributed by atoms with E-state index in [0.717, 1.165) is 44.3 Å². The van der Waals surface area contributed by atoms with E-state index in [4.69, 9.17) is 9.15 Å². The van der Waals surface area contributed by atoms with Crippen molar-refractivity contribution in [2.45, 2.75) is 0 Å². The van der Waals surface area contributed by atoms with Gasteiger partial charge in [-0.2, -0.15) is 5.10 Å². The Bertz CT molecular complexity index is 1410. The number of rotatable bonds is 4. The van der Waals surface area contributed by atoms with E-state index in [1.807, 2.05) is 91.0 Å². The number of para-hydroxylation sites is 2. The topological polar surface area (TPSA) is 59.6 Å². The number of methoxy groups -OCH3 is 1. The van der Waals surface area contributed by atoms with Crippen LogP contribution in [0.2, 0.25) is 0 Å². The van der Waals surface area contributed by atoms with E-state index in [2.05, 4.69) is 15.5 Å². The fourth-order valence-corrected chi connectivity index (χ4v) is 3.35. The lowest BCUT2D eigenvalue weighted by atomic mass is 10.1. The summed E-state index contributed by atoms with van der Waals surface area (Å²) < 4.78 is 11.4. The first-order valence-corrected chi connectivity index (χ1v) is 9.63. The normalized spacial score (nSPS) is 11.7. The molecule has 0 aliphatic carbocycles. The molecule has 0 aliphatic heterocycles. The number of aromatic nitrogens is 1. The molecule has 30 heavy (non-hydrogen) atoms. The third kappa shape index (κ3) is 3.49. The van der Waals surface area contributed by atoms with Gasteiger partial charge >= 0.3 is 0 Å². The highest BCUT2D eigenvalue weighted by Crippen LogP contribution is 2.24. The van der Waals surface area contributed by atoms with Crippen LogP contribution >= 0.6 is 0 Å². The number of nitrogens with zero attached hydrogens (tertiary/aromatic N) is 2. The smallest absolute Gasteiger partial charge is 0.146 e. The first kappa shape index (κ1) is 17.9. The Morgan fingerprint density at radius 2 is 1.67 bits per heavy atom. The number of hydrogen-bond donors (Lipinski definition) is 1. The van der Waals surface area contributed by atoms with Gasteiger partial charge in [0.25, 0.3) is 0 Å². The van der Waals surface area contributed by atoms with Gasteiger partial charge < -0.3 is 9.15 Å². The molecule has 0 bridgehead atoms. The van der Waals surface area contributed by atoms with E-state index in [1.54, 1.807) is 7.11 Å². The number of nitrogens with one attached hydrogen (secondary N) is 1. The number of anilines is 1. The minimum atomic E-state index is 0.685. The summed E-state index contributed by atoms with van der Waals surface area (Å²) in [6.45, 7) is 0. The fourth-order valence-electron chi connectivity index (χ4n) is 3.35. The molecule has 5 heteroatoms. The molecule has 0 spiro atoms. The lowest BCUT2D eigenvalue weighted by Gasteiger charge is -2.06. The number of ether oxygens (including phenoxy) is 1. The molecule has 0 amide bonds. The van der Waals surface area contributed by atoms with Crippen molar-refractivity contribution in [1.82, 2.24) is 4.98 Å². The average molecular weight is 393 g/mol. The molecule has 2 aromatic heterocycles. The highest BCUT2D eigenvalue weighted by Gasteiger charge is 2.06. The first-order chi connectivity index (χ1) is 14.8. The largest absolute Gasteiger partial charge is 0.497 e. The zero-order valence-electron chi connectivity index (χ0n) is 16.4. The molecule has 0 radical (unpaired) electrons. The van der Waals surface area contributed by atoms with E-state index in [-0.39, 0.29) is 0 Å². The van der Waals surface area contributed by atoms with Crippen LogP contribution in [0, 0.1) is 0 Å². The van der Waals surface area contributed by atoms with Crippen LogP contribution in [0.1, 0.15) is 0 Å². The summed E-state index contributed by atoms with van der Waals surface area (Å²) in [5.74, 6) is 2.21. The van der Waals surface area contributed by atoms with Crippen LogP contribution in [0.5, 0.6) is 5.75 Å². The van der Waals surface area contributed by atoms with Crippen molar-refractivity contribution in [2.75, 3.05) is 12.5 Å². The van der Waals surface area contributed by atoms with Crippen molar-refractivity contribution in [2.24, 2.45) is 5.10 Å². The van der Waals surface area contributed by atoms with Crippen molar-refractivity contribution in [1.29, 1.82) is 0 Å². The van der Waals surface area contributed by atoms with Gasteiger partial charge in [-0.05, 0) is 54.6 Å². The fraction of sp³-hybridized carbons (Fsp3) is 0.0400. The van der Waals surface area contributed by atoms with Crippen molar-refractivity contribution in [3.63, 3.8) is 0 Å². The monoisotopic (exact) mass is 393 g/mol. The van der Waals surface area contributed by atoms with Crippen LogP contribution in [0.15, 0.2) is 101 Å². The highest BCUT2D eigenvalue weighted by atomic mass is 16.5. The summed E-state index contributed by atoms with van der Waals surface area (Å²) in [6.07, 6.45) is 0. The number of pyridine rings is 1. The second kappa shape index (κ2) is 7.72. The molecule has 0 saturated heterocycles. The molecule has 1 N–H and O–H groups in total. The van der Waals surface area contributed by atoms with Crippen molar-refractivity contribution >= 4 is 27.7 Å². The molecule has 0 fully saturated rings. The molecule has 5 nitrogen and oxygen atoms in total. The van der Waals surface area contributed by atoms with Crippen LogP contribution in [-0.2, 0) is 0 Å². The van der Waals surface area contributed by atoms with Crippen molar-refractivity contribution < 1.29 is 9.15 Å². The molecular formula is C25H19N3O2. The van der Waals surface area contributed by atoms with Crippen LogP contribution < -0.4 is 15.5 Å². The predicted octanol–water partition coefficient (Wildman–Crippen LogP) is 5.58. The van der Waals surface area contributed by atoms with Gasteiger partial charge in [0.15, 0.2) is 0 Å². The van der Waals surface area contributed by atoms with Crippen molar-refractivity contribution in [3.05, 3.63) is 96.4 Å². The number of hydrogen-bond acceptors (Lipinski definition) is 5. The third-order valence-corrected chi connectivity index (χ3v) is 4.91.